The Hall–Kier alpha value is -0.630. The minimum atomic E-state index is -0.128. The highest BCUT2D eigenvalue weighted by molar-refractivity contribution is 5.84. The van der Waals surface area contributed by atoms with Gasteiger partial charge in [0.05, 0.1) is 6.10 Å². The second kappa shape index (κ2) is 5.22. The molecule has 0 radical (unpaired) electrons. The van der Waals surface area contributed by atoms with E-state index in [1.165, 1.54) is 12.0 Å². The van der Waals surface area contributed by atoms with Gasteiger partial charge >= 0.3 is 0 Å². The smallest absolute Gasteiger partial charge is 0.138 e. The molecule has 0 spiro atoms. The molecular formula is C19H30O2. The summed E-state index contributed by atoms with van der Waals surface area (Å²) in [6, 6.07) is 0. The number of aliphatic hydroxyl groups is 1. The van der Waals surface area contributed by atoms with Crippen molar-refractivity contribution >= 4 is 5.78 Å². The third-order valence-corrected chi connectivity index (χ3v) is 6.95. The molecule has 3 rings (SSSR count). The molecule has 2 nitrogen and oxygen atoms in total. The van der Waals surface area contributed by atoms with Gasteiger partial charge in [-0.3, -0.25) is 4.79 Å². The quantitative estimate of drug-likeness (QED) is 0.771. The molecule has 2 heteroatoms. The summed E-state index contributed by atoms with van der Waals surface area (Å²) in [5.74, 6) is 1.85. The number of Topliss-reactive ketones (excluding diaryl/α,β-unsaturated/α-hetero) is 1. The molecule has 2 fully saturated rings. The van der Waals surface area contributed by atoms with Crippen LogP contribution in [0.4, 0.5) is 0 Å². The van der Waals surface area contributed by atoms with Gasteiger partial charge in [0.25, 0.3) is 0 Å². The maximum atomic E-state index is 12.3. The van der Waals surface area contributed by atoms with Crippen molar-refractivity contribution in [3.63, 3.8) is 0 Å². The second-order valence-electron chi connectivity index (χ2n) is 8.23. The zero-order valence-corrected chi connectivity index (χ0v) is 13.8. The Morgan fingerprint density at radius 2 is 2.10 bits per heavy atom. The average molecular weight is 290 g/mol. The summed E-state index contributed by atoms with van der Waals surface area (Å²) < 4.78 is 0. The Morgan fingerprint density at radius 3 is 2.81 bits per heavy atom. The summed E-state index contributed by atoms with van der Waals surface area (Å²) in [5, 5.41) is 9.96. The van der Waals surface area contributed by atoms with Gasteiger partial charge in [-0.1, -0.05) is 32.4 Å². The van der Waals surface area contributed by atoms with Crippen LogP contribution in [0.1, 0.15) is 72.1 Å². The summed E-state index contributed by atoms with van der Waals surface area (Å²) in [4.78, 5) is 12.3. The number of ketones is 1. The Labute approximate surface area is 129 Å². The first-order chi connectivity index (χ1) is 9.89. The summed E-state index contributed by atoms with van der Waals surface area (Å²) in [6.45, 7) is 6.62. The van der Waals surface area contributed by atoms with Gasteiger partial charge in [-0.25, -0.2) is 0 Å². The van der Waals surface area contributed by atoms with E-state index >= 15 is 0 Å². The number of carbonyl (C=O) groups excluding carboxylic acids is 1. The van der Waals surface area contributed by atoms with Crippen molar-refractivity contribution in [3.05, 3.63) is 11.6 Å². The molecule has 21 heavy (non-hydrogen) atoms. The van der Waals surface area contributed by atoms with E-state index in [9.17, 15) is 9.90 Å². The molecule has 3 aliphatic rings. The van der Waals surface area contributed by atoms with E-state index in [0.717, 1.165) is 44.4 Å². The van der Waals surface area contributed by atoms with Gasteiger partial charge in [0, 0.05) is 11.8 Å². The molecule has 0 aromatic carbocycles. The molecule has 5 unspecified atom stereocenters. The number of hydrogen-bond donors (Lipinski definition) is 1. The van der Waals surface area contributed by atoms with Crippen LogP contribution >= 0.6 is 0 Å². The Kier molecular flexibility index (Phi) is 3.80. The van der Waals surface area contributed by atoms with Crippen molar-refractivity contribution in [2.24, 2.45) is 22.7 Å². The molecule has 2 saturated carbocycles. The van der Waals surface area contributed by atoms with Gasteiger partial charge in [-0.05, 0) is 62.2 Å². The van der Waals surface area contributed by atoms with Gasteiger partial charge < -0.3 is 5.11 Å². The van der Waals surface area contributed by atoms with Gasteiger partial charge in [-0.15, -0.1) is 0 Å². The van der Waals surface area contributed by atoms with Crippen LogP contribution in [0.2, 0.25) is 0 Å². The van der Waals surface area contributed by atoms with E-state index in [1.807, 2.05) is 6.92 Å². The highest BCUT2D eigenvalue weighted by atomic mass is 16.3. The normalized spacial score (nSPS) is 46.3. The average Bonchev–Trinajstić information content (AvgIpc) is 2.47. The molecule has 0 aliphatic heterocycles. The molecule has 3 aliphatic carbocycles. The van der Waals surface area contributed by atoms with E-state index in [-0.39, 0.29) is 11.5 Å². The number of fused-ring (bicyclic) bond motifs is 3. The summed E-state index contributed by atoms with van der Waals surface area (Å²) >= 11 is 0. The van der Waals surface area contributed by atoms with E-state index in [0.29, 0.717) is 23.5 Å². The molecule has 0 amide bonds. The highest BCUT2D eigenvalue weighted by Gasteiger charge is 2.51. The van der Waals surface area contributed by atoms with Crippen LogP contribution in [0.25, 0.3) is 0 Å². The summed E-state index contributed by atoms with van der Waals surface area (Å²) in [5.41, 5.74) is 1.72. The SMILES string of the molecule is CCC(=O)C1(C)CCC2C(CC=C3CC(O)CCC32C)C1. The standard InChI is InChI=1S/C19H30O2/c1-4-17(21)18(2)9-8-16-13(12-18)5-6-14-11-15(20)7-10-19(14,16)3/h6,13,15-16,20H,4-5,7-12H2,1-3H3. The topological polar surface area (TPSA) is 37.3 Å². The molecule has 0 aromatic heterocycles. The molecule has 0 aromatic rings. The monoisotopic (exact) mass is 290 g/mol. The molecule has 0 saturated heterocycles. The van der Waals surface area contributed by atoms with E-state index in [4.69, 9.17) is 0 Å². The second-order valence-corrected chi connectivity index (χ2v) is 8.23. The molecular weight excluding hydrogens is 260 g/mol. The van der Waals surface area contributed by atoms with E-state index < -0.39 is 0 Å². The first kappa shape index (κ1) is 15.3. The van der Waals surface area contributed by atoms with Gasteiger partial charge in [-0.2, -0.15) is 0 Å². The Bertz CT molecular complexity index is 466. The third kappa shape index (κ3) is 2.40. The van der Waals surface area contributed by atoms with Crippen LogP contribution in [0.5, 0.6) is 0 Å². The lowest BCUT2D eigenvalue weighted by Gasteiger charge is -2.54. The lowest BCUT2D eigenvalue weighted by Crippen LogP contribution is -2.47. The molecule has 5 atom stereocenters. The van der Waals surface area contributed by atoms with Crippen LogP contribution in [-0.2, 0) is 4.79 Å². The van der Waals surface area contributed by atoms with Crippen molar-refractivity contribution in [1.82, 2.24) is 0 Å². The number of aliphatic hydroxyl groups excluding tert-OH is 1. The maximum Gasteiger partial charge on any atom is 0.138 e. The zero-order chi connectivity index (χ0) is 15.3. The minimum absolute atomic E-state index is 0.0776. The van der Waals surface area contributed by atoms with Crippen molar-refractivity contribution in [2.75, 3.05) is 0 Å². The van der Waals surface area contributed by atoms with Crippen LogP contribution in [-0.4, -0.2) is 17.0 Å². The fourth-order valence-corrected chi connectivity index (χ4v) is 5.55. The fraction of sp³-hybridized carbons (Fsp3) is 0.842. The Morgan fingerprint density at radius 1 is 1.33 bits per heavy atom. The molecule has 1 N–H and O–H groups in total. The lowest BCUT2D eigenvalue weighted by molar-refractivity contribution is -0.132. The van der Waals surface area contributed by atoms with Gasteiger partial charge in [0.1, 0.15) is 5.78 Å². The van der Waals surface area contributed by atoms with Gasteiger partial charge in [0.15, 0.2) is 0 Å². The van der Waals surface area contributed by atoms with Gasteiger partial charge in [0.2, 0.25) is 0 Å². The van der Waals surface area contributed by atoms with Crippen molar-refractivity contribution < 1.29 is 9.90 Å². The summed E-state index contributed by atoms with van der Waals surface area (Å²) in [7, 11) is 0. The predicted molar refractivity (Wildman–Crippen MR) is 84.9 cm³/mol. The third-order valence-electron chi connectivity index (χ3n) is 6.95. The highest BCUT2D eigenvalue weighted by Crippen LogP contribution is 2.59. The Balaban J connectivity index is 1.83. The zero-order valence-electron chi connectivity index (χ0n) is 13.8. The van der Waals surface area contributed by atoms with Crippen molar-refractivity contribution in [1.29, 1.82) is 0 Å². The molecule has 0 heterocycles. The minimum Gasteiger partial charge on any atom is -0.393 e. The first-order valence-electron chi connectivity index (χ1n) is 8.80. The summed E-state index contributed by atoms with van der Waals surface area (Å²) in [6.07, 6.45) is 10.4. The first-order valence-corrected chi connectivity index (χ1v) is 8.80. The fourth-order valence-electron chi connectivity index (χ4n) is 5.55. The number of hydrogen-bond acceptors (Lipinski definition) is 2. The maximum absolute atomic E-state index is 12.3. The largest absolute Gasteiger partial charge is 0.393 e. The number of carbonyl (C=O) groups is 1. The van der Waals surface area contributed by atoms with Crippen molar-refractivity contribution in [2.45, 2.75) is 78.2 Å². The van der Waals surface area contributed by atoms with Crippen LogP contribution < -0.4 is 0 Å². The number of rotatable bonds is 2. The lowest BCUT2D eigenvalue weighted by atomic mass is 9.50. The van der Waals surface area contributed by atoms with E-state index in [1.54, 1.807) is 0 Å². The molecule has 118 valence electrons. The molecule has 0 bridgehead atoms. The van der Waals surface area contributed by atoms with E-state index in [2.05, 4.69) is 19.9 Å². The van der Waals surface area contributed by atoms with Crippen LogP contribution in [0.3, 0.4) is 0 Å². The number of allylic oxidation sites excluding steroid dienone is 1. The predicted octanol–water partition coefficient (Wildman–Crippen LogP) is 4.27. The van der Waals surface area contributed by atoms with Crippen LogP contribution in [0.15, 0.2) is 11.6 Å². The van der Waals surface area contributed by atoms with Crippen molar-refractivity contribution in [3.8, 4) is 0 Å². The van der Waals surface area contributed by atoms with Crippen LogP contribution in [0, 0.1) is 22.7 Å².